The Morgan fingerprint density at radius 1 is 1.35 bits per heavy atom. The number of hydrogen-bond acceptors (Lipinski definition) is 2. The van der Waals surface area contributed by atoms with Crippen LogP contribution in [0.15, 0.2) is 36.4 Å². The van der Waals surface area contributed by atoms with Crippen LogP contribution in [0.4, 0.5) is 10.1 Å². The first-order valence-corrected chi connectivity index (χ1v) is 6.37. The standard InChI is InChI=1S/C15H13ClFNO2/c1-9-11(15(19)20)3-2-4-14(9)18-8-10-5-6-13(17)12(16)7-10/h2-7,18H,8H2,1H3,(H,19,20). The second-order valence-electron chi connectivity index (χ2n) is 4.39. The molecule has 2 rings (SSSR count). The van der Waals surface area contributed by atoms with E-state index >= 15 is 0 Å². The number of nitrogens with one attached hydrogen (secondary N) is 1. The van der Waals surface area contributed by atoms with Crippen LogP contribution >= 0.6 is 11.6 Å². The summed E-state index contributed by atoms with van der Waals surface area (Å²) in [5, 5.41) is 12.3. The highest BCUT2D eigenvalue weighted by atomic mass is 35.5. The van der Waals surface area contributed by atoms with Gasteiger partial charge in [-0.15, -0.1) is 0 Å². The molecule has 0 amide bonds. The highest BCUT2D eigenvalue weighted by molar-refractivity contribution is 6.30. The largest absolute Gasteiger partial charge is 0.478 e. The van der Waals surface area contributed by atoms with E-state index in [0.717, 1.165) is 11.3 Å². The third-order valence-corrected chi connectivity index (χ3v) is 3.32. The first-order chi connectivity index (χ1) is 9.49. The molecule has 0 saturated carbocycles. The van der Waals surface area contributed by atoms with Crippen molar-refractivity contribution in [3.05, 3.63) is 63.9 Å². The van der Waals surface area contributed by atoms with Crippen molar-refractivity contribution in [1.82, 2.24) is 0 Å². The van der Waals surface area contributed by atoms with E-state index in [1.54, 1.807) is 37.3 Å². The molecule has 0 fully saturated rings. The maximum absolute atomic E-state index is 13.1. The number of halogens is 2. The van der Waals surface area contributed by atoms with Crippen LogP contribution in [0.3, 0.4) is 0 Å². The molecule has 0 aliphatic carbocycles. The van der Waals surface area contributed by atoms with E-state index in [2.05, 4.69) is 5.32 Å². The molecule has 2 aromatic rings. The minimum Gasteiger partial charge on any atom is -0.478 e. The minimum absolute atomic E-state index is 0.0697. The molecule has 3 nitrogen and oxygen atoms in total. The Bertz CT molecular complexity index is 658. The van der Waals surface area contributed by atoms with Gasteiger partial charge >= 0.3 is 5.97 Å². The van der Waals surface area contributed by atoms with Crippen molar-refractivity contribution in [2.24, 2.45) is 0 Å². The number of anilines is 1. The average molecular weight is 294 g/mol. The van der Waals surface area contributed by atoms with Crippen LogP contribution in [0.5, 0.6) is 0 Å². The molecule has 0 aliphatic rings. The van der Waals surface area contributed by atoms with Crippen LogP contribution in [0, 0.1) is 12.7 Å². The predicted molar refractivity (Wildman–Crippen MR) is 76.9 cm³/mol. The lowest BCUT2D eigenvalue weighted by molar-refractivity contribution is 0.0696. The Balaban J connectivity index is 2.17. The zero-order valence-electron chi connectivity index (χ0n) is 10.8. The Morgan fingerprint density at radius 2 is 2.10 bits per heavy atom. The Kier molecular flexibility index (Phi) is 4.25. The van der Waals surface area contributed by atoms with Gasteiger partial charge < -0.3 is 10.4 Å². The highest BCUT2D eigenvalue weighted by Gasteiger charge is 2.09. The van der Waals surface area contributed by atoms with Crippen molar-refractivity contribution in [2.75, 3.05) is 5.32 Å². The maximum atomic E-state index is 13.1. The van der Waals surface area contributed by atoms with Crippen LogP contribution in [0.1, 0.15) is 21.5 Å². The van der Waals surface area contributed by atoms with Gasteiger partial charge in [-0.2, -0.15) is 0 Å². The molecule has 0 radical (unpaired) electrons. The number of carbonyl (C=O) groups is 1. The van der Waals surface area contributed by atoms with Gasteiger partial charge in [0, 0.05) is 12.2 Å². The fourth-order valence-corrected chi connectivity index (χ4v) is 2.11. The molecule has 0 saturated heterocycles. The molecular formula is C15H13ClFNO2. The van der Waals surface area contributed by atoms with Crippen molar-refractivity contribution in [1.29, 1.82) is 0 Å². The summed E-state index contributed by atoms with van der Waals surface area (Å²) in [4.78, 5) is 11.0. The quantitative estimate of drug-likeness (QED) is 0.892. The fraction of sp³-hybridized carbons (Fsp3) is 0.133. The highest BCUT2D eigenvalue weighted by Crippen LogP contribution is 2.21. The van der Waals surface area contributed by atoms with Gasteiger partial charge in [0.25, 0.3) is 0 Å². The lowest BCUT2D eigenvalue weighted by atomic mass is 10.1. The summed E-state index contributed by atoms with van der Waals surface area (Å²) in [5.74, 6) is -1.42. The van der Waals surface area contributed by atoms with Gasteiger partial charge in [-0.25, -0.2) is 9.18 Å². The number of rotatable bonds is 4. The second kappa shape index (κ2) is 5.92. The van der Waals surface area contributed by atoms with Crippen molar-refractivity contribution >= 4 is 23.3 Å². The zero-order chi connectivity index (χ0) is 14.7. The lowest BCUT2D eigenvalue weighted by Crippen LogP contribution is -2.05. The number of carboxylic acid groups (broad SMARTS) is 1. The summed E-state index contributed by atoms with van der Waals surface area (Å²) < 4.78 is 13.1. The molecule has 0 bridgehead atoms. The van der Waals surface area contributed by atoms with Crippen LogP contribution in [-0.4, -0.2) is 11.1 Å². The monoisotopic (exact) mass is 293 g/mol. The van der Waals surface area contributed by atoms with E-state index in [-0.39, 0.29) is 10.6 Å². The Hall–Kier alpha value is -2.07. The van der Waals surface area contributed by atoms with Crippen LogP contribution < -0.4 is 5.32 Å². The van der Waals surface area contributed by atoms with Crippen molar-refractivity contribution in [3.63, 3.8) is 0 Å². The first-order valence-electron chi connectivity index (χ1n) is 5.99. The number of aromatic carboxylic acids is 1. The van der Waals surface area contributed by atoms with Gasteiger partial charge in [0.05, 0.1) is 10.6 Å². The number of hydrogen-bond donors (Lipinski definition) is 2. The van der Waals surface area contributed by atoms with Gasteiger partial charge in [0.1, 0.15) is 5.82 Å². The van der Waals surface area contributed by atoms with E-state index in [4.69, 9.17) is 16.7 Å². The average Bonchev–Trinajstić information content (AvgIpc) is 2.41. The van der Waals surface area contributed by atoms with Crippen molar-refractivity contribution < 1.29 is 14.3 Å². The van der Waals surface area contributed by atoms with Crippen LogP contribution in [-0.2, 0) is 6.54 Å². The first kappa shape index (κ1) is 14.3. The summed E-state index contributed by atoms with van der Waals surface area (Å²) in [7, 11) is 0. The Labute approximate surface area is 121 Å². The fourth-order valence-electron chi connectivity index (χ4n) is 1.91. The van der Waals surface area contributed by atoms with E-state index in [9.17, 15) is 9.18 Å². The lowest BCUT2D eigenvalue weighted by Gasteiger charge is -2.11. The summed E-state index contributed by atoms with van der Waals surface area (Å²) >= 11 is 5.71. The van der Waals surface area contributed by atoms with Crippen LogP contribution in [0.25, 0.3) is 0 Å². The third-order valence-electron chi connectivity index (χ3n) is 3.03. The Morgan fingerprint density at radius 3 is 2.75 bits per heavy atom. The van der Waals surface area contributed by atoms with Gasteiger partial charge in [-0.1, -0.05) is 23.7 Å². The molecule has 20 heavy (non-hydrogen) atoms. The number of carboxylic acids is 1. The zero-order valence-corrected chi connectivity index (χ0v) is 11.5. The SMILES string of the molecule is Cc1c(NCc2ccc(F)c(Cl)c2)cccc1C(=O)O. The minimum atomic E-state index is -0.962. The molecule has 2 N–H and O–H groups in total. The molecule has 0 aromatic heterocycles. The molecule has 0 atom stereocenters. The number of benzene rings is 2. The topological polar surface area (TPSA) is 49.3 Å². The molecule has 0 aliphatic heterocycles. The van der Waals surface area contributed by atoms with Crippen LogP contribution in [0.2, 0.25) is 5.02 Å². The van der Waals surface area contributed by atoms with E-state index < -0.39 is 11.8 Å². The van der Waals surface area contributed by atoms with Gasteiger partial charge in [0.2, 0.25) is 0 Å². The molecule has 0 unspecified atom stereocenters. The second-order valence-corrected chi connectivity index (χ2v) is 4.79. The third kappa shape index (κ3) is 3.08. The smallest absolute Gasteiger partial charge is 0.336 e. The summed E-state index contributed by atoms with van der Waals surface area (Å²) in [5.41, 5.74) is 2.46. The maximum Gasteiger partial charge on any atom is 0.336 e. The molecule has 0 spiro atoms. The normalized spacial score (nSPS) is 10.3. The molecule has 5 heteroatoms. The summed E-state index contributed by atoms with van der Waals surface area (Å²) in [6, 6.07) is 9.51. The van der Waals surface area contributed by atoms with E-state index in [1.807, 2.05) is 0 Å². The van der Waals surface area contributed by atoms with E-state index in [1.165, 1.54) is 6.07 Å². The van der Waals surface area contributed by atoms with Gasteiger partial charge in [-0.05, 0) is 42.3 Å². The van der Waals surface area contributed by atoms with Gasteiger partial charge in [0.15, 0.2) is 0 Å². The molecular weight excluding hydrogens is 281 g/mol. The van der Waals surface area contributed by atoms with Gasteiger partial charge in [-0.3, -0.25) is 0 Å². The van der Waals surface area contributed by atoms with Crippen molar-refractivity contribution in [2.45, 2.75) is 13.5 Å². The molecule has 2 aromatic carbocycles. The molecule has 104 valence electrons. The predicted octanol–water partition coefficient (Wildman–Crippen LogP) is 4.10. The molecule has 0 heterocycles. The van der Waals surface area contributed by atoms with E-state index in [0.29, 0.717) is 12.1 Å². The summed E-state index contributed by atoms with van der Waals surface area (Å²) in [6.07, 6.45) is 0. The summed E-state index contributed by atoms with van der Waals surface area (Å²) in [6.45, 7) is 2.17. The van der Waals surface area contributed by atoms with Crippen molar-refractivity contribution in [3.8, 4) is 0 Å².